The molecule has 0 unspecified atom stereocenters. The fraction of sp³-hybridized carbons (Fsp3) is 0.571. The first-order valence-electron chi connectivity index (χ1n) is 10.0. The fourth-order valence-electron chi connectivity index (χ4n) is 3.50. The third kappa shape index (κ3) is 4.97. The number of hydrogen-bond acceptors (Lipinski definition) is 5. The number of ether oxygens (including phenoxy) is 1. The van der Waals surface area contributed by atoms with Gasteiger partial charge in [0.05, 0.1) is 24.2 Å². The highest BCUT2D eigenvalue weighted by molar-refractivity contribution is 5.78. The molecule has 1 aromatic heterocycles. The van der Waals surface area contributed by atoms with Crippen molar-refractivity contribution >= 4 is 16.9 Å². The number of rotatable bonds is 7. The second-order valence-electron chi connectivity index (χ2n) is 7.49. The number of amides is 1. The van der Waals surface area contributed by atoms with Crippen molar-refractivity contribution in [2.24, 2.45) is 0 Å². The van der Waals surface area contributed by atoms with Crippen LogP contribution in [0.1, 0.15) is 29.7 Å². The number of fused-ring (bicyclic) bond motifs is 1. The minimum Gasteiger partial charge on any atom is -0.379 e. The quantitative estimate of drug-likeness (QED) is 0.731. The van der Waals surface area contributed by atoms with Crippen LogP contribution in [-0.4, -0.2) is 59.8 Å². The van der Waals surface area contributed by atoms with E-state index in [0.29, 0.717) is 18.8 Å². The molecular formula is C21H30N4O3. The van der Waals surface area contributed by atoms with Gasteiger partial charge >= 0.3 is 0 Å². The highest BCUT2D eigenvalue weighted by Gasteiger charge is 2.12. The predicted molar refractivity (Wildman–Crippen MR) is 110 cm³/mol. The number of nitrogens with one attached hydrogen (secondary N) is 1. The molecule has 28 heavy (non-hydrogen) atoms. The van der Waals surface area contributed by atoms with Crippen molar-refractivity contribution in [3.05, 3.63) is 39.3 Å². The zero-order valence-electron chi connectivity index (χ0n) is 17.1. The Bertz CT molecular complexity index is 901. The Labute approximate surface area is 165 Å². The monoisotopic (exact) mass is 386 g/mol. The maximum absolute atomic E-state index is 12.6. The lowest BCUT2D eigenvalue weighted by Gasteiger charge is -2.26. The van der Waals surface area contributed by atoms with Crippen LogP contribution in [0.4, 0.5) is 0 Å². The van der Waals surface area contributed by atoms with Gasteiger partial charge in [0, 0.05) is 32.6 Å². The van der Waals surface area contributed by atoms with E-state index in [1.807, 2.05) is 26.0 Å². The third-order valence-corrected chi connectivity index (χ3v) is 5.36. The predicted octanol–water partition coefficient (Wildman–Crippen LogP) is 1.55. The van der Waals surface area contributed by atoms with Crippen molar-refractivity contribution in [3.8, 4) is 0 Å². The fourth-order valence-corrected chi connectivity index (χ4v) is 3.50. The van der Waals surface area contributed by atoms with Gasteiger partial charge in [-0.1, -0.05) is 0 Å². The molecule has 1 saturated heterocycles. The van der Waals surface area contributed by atoms with Crippen molar-refractivity contribution in [1.82, 2.24) is 19.8 Å². The average molecular weight is 386 g/mol. The van der Waals surface area contributed by atoms with Crippen LogP contribution in [0.3, 0.4) is 0 Å². The number of morpholine rings is 1. The van der Waals surface area contributed by atoms with E-state index >= 15 is 0 Å². The van der Waals surface area contributed by atoms with Crippen LogP contribution in [0.25, 0.3) is 11.0 Å². The number of nitrogens with zero attached hydrogens (tertiary/aromatic N) is 3. The summed E-state index contributed by atoms with van der Waals surface area (Å²) in [7, 11) is 0. The molecule has 3 rings (SSSR count). The zero-order valence-corrected chi connectivity index (χ0v) is 17.1. The van der Waals surface area contributed by atoms with E-state index in [4.69, 9.17) is 4.74 Å². The molecule has 7 heteroatoms. The van der Waals surface area contributed by atoms with Crippen LogP contribution in [-0.2, 0) is 16.1 Å². The van der Waals surface area contributed by atoms with Crippen LogP contribution in [0.2, 0.25) is 0 Å². The summed E-state index contributed by atoms with van der Waals surface area (Å²) in [6, 6.07) is 3.98. The molecule has 1 aromatic carbocycles. The second-order valence-corrected chi connectivity index (χ2v) is 7.49. The minimum atomic E-state index is -0.129. The van der Waals surface area contributed by atoms with Gasteiger partial charge < -0.3 is 14.6 Å². The molecule has 0 bridgehead atoms. The van der Waals surface area contributed by atoms with Gasteiger partial charge in [-0.2, -0.15) is 0 Å². The molecule has 1 aliphatic rings. The average Bonchev–Trinajstić information content (AvgIpc) is 2.68. The molecule has 1 amide bonds. The summed E-state index contributed by atoms with van der Waals surface area (Å²) in [6.45, 7) is 11.3. The van der Waals surface area contributed by atoms with Crippen molar-refractivity contribution in [2.75, 3.05) is 39.4 Å². The van der Waals surface area contributed by atoms with Gasteiger partial charge in [0.1, 0.15) is 5.69 Å². The van der Waals surface area contributed by atoms with Crippen molar-refractivity contribution in [2.45, 2.75) is 40.2 Å². The molecule has 2 aromatic rings. The Balaban J connectivity index is 1.57. The third-order valence-electron chi connectivity index (χ3n) is 5.36. The number of aryl methyl sites for hydroxylation is 4. The highest BCUT2D eigenvalue weighted by atomic mass is 16.5. The normalized spacial score (nSPS) is 15.1. The Morgan fingerprint density at radius 1 is 1.14 bits per heavy atom. The summed E-state index contributed by atoms with van der Waals surface area (Å²) < 4.78 is 7.01. The topological polar surface area (TPSA) is 76.5 Å². The lowest BCUT2D eigenvalue weighted by atomic mass is 10.1. The van der Waals surface area contributed by atoms with E-state index in [-0.39, 0.29) is 17.9 Å². The van der Waals surface area contributed by atoms with Gasteiger partial charge in [-0.05, 0) is 57.0 Å². The van der Waals surface area contributed by atoms with Gasteiger partial charge in [-0.15, -0.1) is 0 Å². The summed E-state index contributed by atoms with van der Waals surface area (Å²) >= 11 is 0. The zero-order chi connectivity index (χ0) is 20.1. The number of carbonyl (C=O) groups is 1. The Hall–Kier alpha value is -2.25. The lowest BCUT2D eigenvalue weighted by molar-refractivity contribution is -0.121. The smallest absolute Gasteiger partial charge is 0.272 e. The molecule has 152 valence electrons. The Kier molecular flexibility index (Phi) is 6.80. The Morgan fingerprint density at radius 3 is 2.61 bits per heavy atom. The van der Waals surface area contributed by atoms with Crippen molar-refractivity contribution < 1.29 is 9.53 Å². The summed E-state index contributed by atoms with van der Waals surface area (Å²) in [5.41, 5.74) is 4.17. The van der Waals surface area contributed by atoms with Gasteiger partial charge in [0.15, 0.2) is 0 Å². The first-order valence-corrected chi connectivity index (χ1v) is 10.0. The SMILES string of the molecule is Cc1cc2nc(C)c(=O)n(CCC(=O)NCCCN3CCOCC3)c2cc1C. The Morgan fingerprint density at radius 2 is 1.86 bits per heavy atom. The molecule has 1 fully saturated rings. The van der Waals surface area contributed by atoms with Crippen molar-refractivity contribution in [3.63, 3.8) is 0 Å². The molecule has 7 nitrogen and oxygen atoms in total. The molecule has 0 saturated carbocycles. The standard InChI is InChI=1S/C21H30N4O3/c1-15-13-18-19(14-16(15)2)25(21(27)17(3)23-18)8-5-20(26)22-6-4-7-24-9-11-28-12-10-24/h13-14H,4-12H2,1-3H3,(H,22,26). The van der Waals surface area contributed by atoms with Crippen LogP contribution < -0.4 is 10.9 Å². The van der Waals surface area contributed by atoms with Crippen LogP contribution in [0.15, 0.2) is 16.9 Å². The lowest BCUT2D eigenvalue weighted by Crippen LogP contribution is -2.38. The van der Waals surface area contributed by atoms with Gasteiger partial charge in [0.25, 0.3) is 5.56 Å². The molecule has 0 radical (unpaired) electrons. The first-order chi connectivity index (χ1) is 13.5. The summed E-state index contributed by atoms with van der Waals surface area (Å²) in [4.78, 5) is 31.6. The van der Waals surface area contributed by atoms with E-state index < -0.39 is 0 Å². The molecular weight excluding hydrogens is 356 g/mol. The number of benzene rings is 1. The largest absolute Gasteiger partial charge is 0.379 e. The maximum Gasteiger partial charge on any atom is 0.272 e. The van der Waals surface area contributed by atoms with Gasteiger partial charge in [-0.3, -0.25) is 14.5 Å². The highest BCUT2D eigenvalue weighted by Crippen LogP contribution is 2.17. The first kappa shape index (κ1) is 20.5. The van der Waals surface area contributed by atoms with Gasteiger partial charge in [-0.25, -0.2) is 4.98 Å². The van der Waals surface area contributed by atoms with E-state index in [0.717, 1.165) is 61.4 Å². The van der Waals surface area contributed by atoms with Crippen molar-refractivity contribution in [1.29, 1.82) is 0 Å². The maximum atomic E-state index is 12.6. The second kappa shape index (κ2) is 9.30. The van der Waals surface area contributed by atoms with E-state index in [1.165, 1.54) is 0 Å². The molecule has 1 aliphatic heterocycles. The molecule has 2 heterocycles. The summed E-state index contributed by atoms with van der Waals surface area (Å²) in [5.74, 6) is -0.0275. The molecule has 0 atom stereocenters. The van der Waals surface area contributed by atoms with E-state index in [9.17, 15) is 9.59 Å². The minimum absolute atomic E-state index is 0.0275. The van der Waals surface area contributed by atoms with Crippen LogP contribution >= 0.6 is 0 Å². The molecule has 1 N–H and O–H groups in total. The van der Waals surface area contributed by atoms with Gasteiger partial charge in [0.2, 0.25) is 5.91 Å². The van der Waals surface area contributed by atoms with E-state index in [2.05, 4.69) is 15.2 Å². The number of aromatic nitrogens is 2. The van der Waals surface area contributed by atoms with Crippen LogP contribution in [0, 0.1) is 20.8 Å². The summed E-state index contributed by atoms with van der Waals surface area (Å²) in [5, 5.41) is 2.97. The molecule has 0 spiro atoms. The molecule has 0 aliphatic carbocycles. The number of carbonyl (C=O) groups excluding carboxylic acids is 1. The van der Waals surface area contributed by atoms with Crippen LogP contribution in [0.5, 0.6) is 0 Å². The van der Waals surface area contributed by atoms with E-state index in [1.54, 1.807) is 11.5 Å². The number of hydrogen-bond donors (Lipinski definition) is 1. The summed E-state index contributed by atoms with van der Waals surface area (Å²) in [6.07, 6.45) is 1.20.